The Kier molecular flexibility index (Phi) is 73.4. The van der Waals surface area contributed by atoms with Crippen LogP contribution in [0.5, 0.6) is 0 Å². The first-order valence-electron chi connectivity index (χ1n) is 40.7. The molecule has 9 nitrogen and oxygen atoms in total. The van der Waals surface area contributed by atoms with E-state index in [0.717, 1.165) is 70.6 Å². The summed E-state index contributed by atoms with van der Waals surface area (Å²) in [4.78, 5) is 37.6. The predicted octanol–water partition coefficient (Wildman–Crippen LogP) is 24.8. The number of carboxylic acids is 1. The first-order chi connectivity index (χ1) is 46.6. The van der Waals surface area contributed by atoms with Crippen molar-refractivity contribution < 1.29 is 42.9 Å². The Morgan fingerprint density at radius 1 is 0.326 bits per heavy atom. The number of hydrogen-bond acceptors (Lipinski definition) is 8. The quantitative estimate of drug-likeness (QED) is 0.0195. The highest BCUT2D eigenvalue weighted by atomic mass is 16.7. The molecule has 0 aromatic heterocycles. The van der Waals surface area contributed by atoms with E-state index in [1.54, 1.807) is 0 Å². The minimum absolute atomic E-state index is 0.149. The van der Waals surface area contributed by atoms with Gasteiger partial charge in [-0.3, -0.25) is 9.59 Å². The Bertz CT molecular complexity index is 1840. The fourth-order valence-electron chi connectivity index (χ4n) is 12.0. The molecule has 0 amide bonds. The van der Waals surface area contributed by atoms with Crippen LogP contribution in [0, 0.1) is 0 Å². The minimum Gasteiger partial charge on any atom is -0.545 e. The fourth-order valence-corrected chi connectivity index (χ4v) is 12.0. The highest BCUT2D eigenvalue weighted by Gasteiger charge is 2.22. The smallest absolute Gasteiger partial charge is 0.306 e. The summed E-state index contributed by atoms with van der Waals surface area (Å²) in [6, 6.07) is 0. The molecule has 552 valence electrons. The summed E-state index contributed by atoms with van der Waals surface area (Å²) in [6.07, 6.45) is 101. The monoisotopic (exact) mass is 1330 g/mol. The molecule has 0 bridgehead atoms. The zero-order valence-corrected chi connectivity index (χ0v) is 63.3. The van der Waals surface area contributed by atoms with Gasteiger partial charge in [0.15, 0.2) is 12.4 Å². The molecule has 2 unspecified atom stereocenters. The van der Waals surface area contributed by atoms with Crippen molar-refractivity contribution in [2.24, 2.45) is 0 Å². The zero-order chi connectivity index (χ0) is 69.0. The van der Waals surface area contributed by atoms with Gasteiger partial charge in [-0.2, -0.15) is 0 Å². The first-order valence-corrected chi connectivity index (χ1v) is 40.7. The van der Waals surface area contributed by atoms with Crippen LogP contribution in [0.4, 0.5) is 0 Å². The molecule has 95 heavy (non-hydrogen) atoms. The van der Waals surface area contributed by atoms with Gasteiger partial charge in [-0.05, 0) is 89.9 Å². The molecule has 0 saturated carbocycles. The number of hydrogen-bond donors (Lipinski definition) is 0. The number of quaternary nitrogens is 1. The summed E-state index contributed by atoms with van der Waals surface area (Å²) in [5.41, 5.74) is 0. The first kappa shape index (κ1) is 91.5. The zero-order valence-electron chi connectivity index (χ0n) is 63.3. The van der Waals surface area contributed by atoms with Crippen molar-refractivity contribution in [1.29, 1.82) is 0 Å². The lowest BCUT2D eigenvalue weighted by atomic mass is 10.0. The van der Waals surface area contributed by atoms with Gasteiger partial charge in [-0.15, -0.1) is 0 Å². The lowest BCUT2D eigenvalue weighted by molar-refractivity contribution is -0.870. The lowest BCUT2D eigenvalue weighted by Crippen LogP contribution is -2.44. The SMILES string of the molecule is CC/C=C\C/C=C\C/C=C\C/C=C\C/C=C\C/C=C\CCCCCCCCCCCCCCCCCCCCCCC(=O)OC(COC(=O)CCCCCCCCCCCCCCCCCCCCC/C=C\CCCCCCCCCC)COC(OCC[N+](C)(C)C)C(=O)[O-]. The van der Waals surface area contributed by atoms with E-state index in [1.807, 2.05) is 21.1 Å². The van der Waals surface area contributed by atoms with Crippen molar-refractivity contribution in [3.05, 3.63) is 85.1 Å². The molecular weight excluding hydrogens is 1170 g/mol. The van der Waals surface area contributed by atoms with Gasteiger partial charge in [0.1, 0.15) is 13.2 Å². The third-order valence-corrected chi connectivity index (χ3v) is 18.1. The van der Waals surface area contributed by atoms with Crippen LogP contribution >= 0.6 is 0 Å². The highest BCUT2D eigenvalue weighted by Crippen LogP contribution is 2.19. The molecule has 0 aromatic carbocycles. The summed E-state index contributed by atoms with van der Waals surface area (Å²) >= 11 is 0. The standard InChI is InChI=1S/C86H155NO8/c1-6-8-10-12-14-16-18-20-22-24-26-28-30-32-34-36-38-39-40-41-42-43-44-45-47-49-51-53-55-57-59-61-63-65-67-69-71-73-75-77-84(89)95-82(81-94-86(85(90)91)92-79-78-87(3,4)5)80-93-83(88)76-74-72-70-68-66-64-62-60-58-56-54-52-50-48-46-37-35-33-31-29-27-25-23-21-19-17-15-13-11-9-7-2/h8,10,14,16,20,22,25-28,32,34,38-39,82,86H,6-7,9,11-13,15,17-19,21,23-24,29-31,33,35-37,40-81H2,1-5H3/b10-8-,16-14-,22-20-,27-25-,28-26-,34-32-,39-38-. The number of allylic oxidation sites excluding steroid dienone is 14. The second-order valence-electron chi connectivity index (χ2n) is 28.7. The van der Waals surface area contributed by atoms with Crippen molar-refractivity contribution in [3.8, 4) is 0 Å². The number of carboxylic acid groups (broad SMARTS) is 1. The van der Waals surface area contributed by atoms with Crippen molar-refractivity contribution in [2.45, 2.75) is 399 Å². The van der Waals surface area contributed by atoms with Crippen molar-refractivity contribution >= 4 is 17.9 Å². The molecule has 0 heterocycles. The topological polar surface area (TPSA) is 111 Å². The maximum atomic E-state index is 13.0. The molecular formula is C86H155NO8. The van der Waals surface area contributed by atoms with Gasteiger partial charge in [-0.1, -0.05) is 369 Å². The summed E-state index contributed by atoms with van der Waals surface area (Å²) in [6.45, 7) is 4.69. The van der Waals surface area contributed by atoms with E-state index in [0.29, 0.717) is 23.9 Å². The van der Waals surface area contributed by atoms with Crippen LogP contribution in [0.25, 0.3) is 0 Å². The number of carbonyl (C=O) groups is 3. The number of esters is 2. The van der Waals surface area contributed by atoms with Gasteiger partial charge in [0.2, 0.25) is 0 Å². The lowest BCUT2D eigenvalue weighted by Gasteiger charge is -2.26. The normalized spacial score (nSPS) is 13.1. The van der Waals surface area contributed by atoms with E-state index in [4.69, 9.17) is 18.9 Å². The summed E-state index contributed by atoms with van der Waals surface area (Å²) in [7, 11) is 5.95. The summed E-state index contributed by atoms with van der Waals surface area (Å²) in [5, 5.41) is 11.9. The third-order valence-electron chi connectivity index (χ3n) is 18.1. The number of rotatable bonds is 76. The Morgan fingerprint density at radius 3 is 0.905 bits per heavy atom. The Morgan fingerprint density at radius 2 is 0.600 bits per heavy atom. The maximum Gasteiger partial charge on any atom is 0.306 e. The van der Waals surface area contributed by atoms with Crippen molar-refractivity contribution in [3.63, 3.8) is 0 Å². The average molecular weight is 1330 g/mol. The van der Waals surface area contributed by atoms with Crippen LogP contribution in [0.2, 0.25) is 0 Å². The fraction of sp³-hybridized carbons (Fsp3) is 0.802. The number of likely N-dealkylation sites (N-methyl/N-ethyl adjacent to an activating group) is 1. The van der Waals surface area contributed by atoms with Gasteiger partial charge >= 0.3 is 11.9 Å². The minimum atomic E-state index is -1.62. The van der Waals surface area contributed by atoms with E-state index in [9.17, 15) is 19.5 Å². The molecule has 0 aliphatic heterocycles. The Labute approximate surface area is 589 Å². The number of aliphatic carboxylic acids is 1. The van der Waals surface area contributed by atoms with E-state index < -0.39 is 24.3 Å². The van der Waals surface area contributed by atoms with Crippen LogP contribution in [-0.4, -0.2) is 82.3 Å². The van der Waals surface area contributed by atoms with Crippen LogP contribution < -0.4 is 5.11 Å². The predicted molar refractivity (Wildman–Crippen MR) is 408 cm³/mol. The van der Waals surface area contributed by atoms with Crippen LogP contribution in [0.15, 0.2) is 85.1 Å². The Hall–Kier alpha value is -3.53. The van der Waals surface area contributed by atoms with Crippen LogP contribution in [-0.2, 0) is 33.3 Å². The molecule has 2 atom stereocenters. The second kappa shape index (κ2) is 76.2. The molecule has 0 aromatic rings. The van der Waals surface area contributed by atoms with E-state index in [-0.39, 0.29) is 32.2 Å². The van der Waals surface area contributed by atoms with Gasteiger partial charge in [0.05, 0.1) is 40.3 Å². The maximum absolute atomic E-state index is 13.0. The summed E-state index contributed by atoms with van der Waals surface area (Å²) < 4.78 is 22.9. The molecule has 0 radical (unpaired) electrons. The van der Waals surface area contributed by atoms with Gasteiger partial charge in [-0.25, -0.2) is 0 Å². The van der Waals surface area contributed by atoms with Crippen molar-refractivity contribution in [1.82, 2.24) is 0 Å². The molecule has 0 rings (SSSR count). The van der Waals surface area contributed by atoms with Crippen LogP contribution in [0.3, 0.4) is 0 Å². The van der Waals surface area contributed by atoms with Gasteiger partial charge < -0.3 is 33.3 Å². The molecule has 9 heteroatoms. The number of carbonyl (C=O) groups excluding carboxylic acids is 3. The number of unbranched alkanes of at least 4 members (excludes halogenated alkanes) is 47. The molecule has 0 fully saturated rings. The van der Waals surface area contributed by atoms with Crippen molar-refractivity contribution in [2.75, 3.05) is 47.5 Å². The van der Waals surface area contributed by atoms with E-state index >= 15 is 0 Å². The second-order valence-corrected chi connectivity index (χ2v) is 28.7. The molecule has 0 spiro atoms. The highest BCUT2D eigenvalue weighted by molar-refractivity contribution is 5.70. The van der Waals surface area contributed by atoms with E-state index in [2.05, 4.69) is 98.9 Å². The molecule has 0 saturated heterocycles. The third kappa shape index (κ3) is 77.7. The van der Waals surface area contributed by atoms with E-state index in [1.165, 1.54) is 283 Å². The molecule has 0 N–H and O–H groups in total. The van der Waals surface area contributed by atoms with Crippen LogP contribution in [0.1, 0.15) is 386 Å². The van der Waals surface area contributed by atoms with Gasteiger partial charge in [0, 0.05) is 12.8 Å². The largest absolute Gasteiger partial charge is 0.545 e. The summed E-state index contributed by atoms with van der Waals surface area (Å²) in [5.74, 6) is -2.26. The van der Waals surface area contributed by atoms with Gasteiger partial charge in [0.25, 0.3) is 0 Å². The molecule has 0 aliphatic rings. The molecule has 0 aliphatic carbocycles. The number of nitrogens with zero attached hydrogens (tertiary/aromatic N) is 1. The average Bonchev–Trinajstić information content (AvgIpc) is 2.92. The Balaban J connectivity index is 3.98. The number of ether oxygens (including phenoxy) is 4.